The molecule has 0 aliphatic carbocycles. The standard InChI is InChI=1S/C24H22FN3OS/c1-18-11-13-20(14-12-18)29-15-16-30-24-27-26-23(21-9-5-6-10-22(21)25)28(24)17-19-7-3-2-4-8-19/h2-14H,15-17H2,1H3. The number of aryl methyl sites for hydroxylation is 1. The lowest BCUT2D eigenvalue weighted by Crippen LogP contribution is -2.06. The summed E-state index contributed by atoms with van der Waals surface area (Å²) in [6.07, 6.45) is 0. The van der Waals surface area contributed by atoms with Crippen LogP contribution in [0, 0.1) is 12.7 Å². The van der Waals surface area contributed by atoms with Crippen LogP contribution >= 0.6 is 11.8 Å². The average Bonchev–Trinajstić information content (AvgIpc) is 3.16. The van der Waals surface area contributed by atoms with E-state index >= 15 is 0 Å². The number of nitrogens with zero attached hydrogens (tertiary/aromatic N) is 3. The van der Waals surface area contributed by atoms with E-state index in [1.54, 1.807) is 23.9 Å². The largest absolute Gasteiger partial charge is 0.493 e. The molecule has 152 valence electrons. The van der Waals surface area contributed by atoms with Gasteiger partial charge in [0, 0.05) is 5.75 Å². The molecule has 0 amide bonds. The Hall–Kier alpha value is -3.12. The van der Waals surface area contributed by atoms with Crippen LogP contribution in [0.3, 0.4) is 0 Å². The van der Waals surface area contributed by atoms with Crippen LogP contribution in [0.1, 0.15) is 11.1 Å². The first-order chi connectivity index (χ1) is 14.7. The van der Waals surface area contributed by atoms with E-state index in [1.807, 2.05) is 72.2 Å². The highest BCUT2D eigenvalue weighted by atomic mass is 32.2. The van der Waals surface area contributed by atoms with Gasteiger partial charge in [0.05, 0.1) is 18.7 Å². The van der Waals surface area contributed by atoms with Crippen LogP contribution in [0.4, 0.5) is 4.39 Å². The van der Waals surface area contributed by atoms with Crippen LogP contribution in [0.25, 0.3) is 11.4 Å². The molecule has 0 spiro atoms. The monoisotopic (exact) mass is 419 g/mol. The molecule has 0 aliphatic rings. The molecular weight excluding hydrogens is 397 g/mol. The molecule has 4 aromatic rings. The summed E-state index contributed by atoms with van der Waals surface area (Å²) in [5, 5.41) is 9.38. The van der Waals surface area contributed by atoms with Gasteiger partial charge in [0.25, 0.3) is 0 Å². The lowest BCUT2D eigenvalue weighted by molar-refractivity contribution is 0.343. The van der Waals surface area contributed by atoms with Gasteiger partial charge in [0.15, 0.2) is 11.0 Å². The van der Waals surface area contributed by atoms with E-state index in [1.165, 1.54) is 11.6 Å². The zero-order valence-corrected chi connectivity index (χ0v) is 17.5. The molecule has 6 heteroatoms. The van der Waals surface area contributed by atoms with E-state index in [0.717, 1.165) is 16.5 Å². The summed E-state index contributed by atoms with van der Waals surface area (Å²) in [4.78, 5) is 0. The molecule has 0 saturated carbocycles. The van der Waals surface area contributed by atoms with E-state index in [-0.39, 0.29) is 5.82 Å². The predicted molar refractivity (Wildman–Crippen MR) is 118 cm³/mol. The summed E-state index contributed by atoms with van der Waals surface area (Å²) < 4.78 is 22.2. The molecule has 0 radical (unpaired) electrons. The molecule has 4 nitrogen and oxygen atoms in total. The second-order valence-electron chi connectivity index (χ2n) is 6.87. The second kappa shape index (κ2) is 9.59. The predicted octanol–water partition coefficient (Wildman–Crippen LogP) is 5.61. The zero-order valence-electron chi connectivity index (χ0n) is 16.7. The van der Waals surface area contributed by atoms with Gasteiger partial charge in [0.2, 0.25) is 0 Å². The van der Waals surface area contributed by atoms with Gasteiger partial charge in [-0.3, -0.25) is 4.57 Å². The molecular formula is C24H22FN3OS. The number of benzene rings is 3. The molecule has 0 saturated heterocycles. The number of hydrogen-bond acceptors (Lipinski definition) is 4. The molecule has 0 unspecified atom stereocenters. The SMILES string of the molecule is Cc1ccc(OCCSc2nnc(-c3ccccc3F)n2Cc2ccccc2)cc1. The number of rotatable bonds is 8. The fraction of sp³-hybridized carbons (Fsp3) is 0.167. The molecule has 0 bridgehead atoms. The molecule has 1 aromatic heterocycles. The van der Waals surface area contributed by atoms with Crippen LogP contribution < -0.4 is 4.74 Å². The first-order valence-corrected chi connectivity index (χ1v) is 10.7. The van der Waals surface area contributed by atoms with E-state index in [4.69, 9.17) is 4.74 Å². The van der Waals surface area contributed by atoms with Gasteiger partial charge in [-0.2, -0.15) is 0 Å². The van der Waals surface area contributed by atoms with E-state index < -0.39 is 0 Å². The highest BCUT2D eigenvalue weighted by molar-refractivity contribution is 7.99. The van der Waals surface area contributed by atoms with Gasteiger partial charge >= 0.3 is 0 Å². The van der Waals surface area contributed by atoms with Crippen molar-refractivity contribution in [2.75, 3.05) is 12.4 Å². The zero-order chi connectivity index (χ0) is 20.8. The average molecular weight is 420 g/mol. The second-order valence-corrected chi connectivity index (χ2v) is 7.93. The molecule has 3 aromatic carbocycles. The molecule has 0 atom stereocenters. The first-order valence-electron chi connectivity index (χ1n) is 9.75. The number of aromatic nitrogens is 3. The lowest BCUT2D eigenvalue weighted by atomic mass is 10.2. The summed E-state index contributed by atoms with van der Waals surface area (Å²) in [5.41, 5.74) is 2.75. The Kier molecular flexibility index (Phi) is 6.44. The Morgan fingerprint density at radius 3 is 2.40 bits per heavy atom. The number of halogens is 1. The van der Waals surface area contributed by atoms with Crippen molar-refractivity contribution in [2.45, 2.75) is 18.6 Å². The number of hydrogen-bond donors (Lipinski definition) is 0. The fourth-order valence-electron chi connectivity index (χ4n) is 3.07. The number of thioether (sulfide) groups is 1. The Balaban J connectivity index is 1.51. The summed E-state index contributed by atoms with van der Waals surface area (Å²) in [5.74, 6) is 1.77. The van der Waals surface area contributed by atoms with Gasteiger partial charge in [-0.1, -0.05) is 71.9 Å². The van der Waals surface area contributed by atoms with Crippen molar-refractivity contribution < 1.29 is 9.13 Å². The van der Waals surface area contributed by atoms with Gasteiger partial charge in [-0.25, -0.2) is 4.39 Å². The first kappa shape index (κ1) is 20.2. The van der Waals surface area contributed by atoms with Crippen molar-refractivity contribution in [3.8, 4) is 17.1 Å². The summed E-state index contributed by atoms with van der Waals surface area (Å²) in [6.45, 7) is 3.16. The van der Waals surface area contributed by atoms with Crippen molar-refractivity contribution in [1.82, 2.24) is 14.8 Å². The van der Waals surface area contributed by atoms with Crippen LogP contribution in [0.5, 0.6) is 5.75 Å². The smallest absolute Gasteiger partial charge is 0.191 e. The number of ether oxygens (including phenoxy) is 1. The van der Waals surface area contributed by atoms with Crippen LogP contribution in [0.2, 0.25) is 0 Å². The molecule has 0 aliphatic heterocycles. The normalized spacial score (nSPS) is 10.9. The highest BCUT2D eigenvalue weighted by Crippen LogP contribution is 2.27. The van der Waals surface area contributed by atoms with Crippen molar-refractivity contribution in [3.05, 3.63) is 95.8 Å². The Labute approximate surface area is 179 Å². The molecule has 0 fully saturated rings. The third-order valence-electron chi connectivity index (χ3n) is 4.62. The minimum atomic E-state index is -0.307. The topological polar surface area (TPSA) is 39.9 Å². The van der Waals surface area contributed by atoms with Crippen molar-refractivity contribution in [1.29, 1.82) is 0 Å². The Morgan fingerprint density at radius 2 is 1.63 bits per heavy atom. The minimum absolute atomic E-state index is 0.307. The summed E-state index contributed by atoms with van der Waals surface area (Å²) in [6, 6.07) is 24.7. The minimum Gasteiger partial charge on any atom is -0.493 e. The molecule has 0 N–H and O–H groups in total. The summed E-state index contributed by atoms with van der Waals surface area (Å²) >= 11 is 1.55. The highest BCUT2D eigenvalue weighted by Gasteiger charge is 2.17. The van der Waals surface area contributed by atoms with Crippen LogP contribution in [0.15, 0.2) is 84.0 Å². The maximum Gasteiger partial charge on any atom is 0.191 e. The summed E-state index contributed by atoms with van der Waals surface area (Å²) in [7, 11) is 0. The van der Waals surface area contributed by atoms with Gasteiger partial charge in [-0.15, -0.1) is 10.2 Å². The third-order valence-corrected chi connectivity index (χ3v) is 5.55. The molecule has 30 heavy (non-hydrogen) atoms. The van der Waals surface area contributed by atoms with Crippen LogP contribution in [-0.2, 0) is 6.54 Å². The van der Waals surface area contributed by atoms with Crippen molar-refractivity contribution >= 4 is 11.8 Å². The molecule has 4 rings (SSSR count). The Bertz CT molecular complexity index is 1100. The van der Waals surface area contributed by atoms with Gasteiger partial charge in [0.1, 0.15) is 11.6 Å². The van der Waals surface area contributed by atoms with Gasteiger partial charge in [-0.05, 0) is 36.8 Å². The van der Waals surface area contributed by atoms with Crippen LogP contribution in [-0.4, -0.2) is 27.1 Å². The van der Waals surface area contributed by atoms with E-state index in [9.17, 15) is 4.39 Å². The maximum absolute atomic E-state index is 14.4. The third kappa shape index (κ3) is 4.89. The van der Waals surface area contributed by atoms with Crippen molar-refractivity contribution in [2.24, 2.45) is 0 Å². The Morgan fingerprint density at radius 1 is 0.900 bits per heavy atom. The maximum atomic E-state index is 14.4. The lowest BCUT2D eigenvalue weighted by Gasteiger charge is -2.11. The molecule has 1 heterocycles. The van der Waals surface area contributed by atoms with E-state index in [0.29, 0.717) is 30.3 Å². The van der Waals surface area contributed by atoms with Gasteiger partial charge < -0.3 is 4.74 Å². The quantitative estimate of drug-likeness (QED) is 0.275. The van der Waals surface area contributed by atoms with E-state index in [2.05, 4.69) is 10.2 Å². The fourth-order valence-corrected chi connectivity index (χ4v) is 3.83. The van der Waals surface area contributed by atoms with Crippen molar-refractivity contribution in [3.63, 3.8) is 0 Å².